The van der Waals surface area contributed by atoms with E-state index in [2.05, 4.69) is 20.6 Å². The average Bonchev–Trinajstić information content (AvgIpc) is 2.71. The molecule has 0 bridgehead atoms. The van der Waals surface area contributed by atoms with Gasteiger partial charge in [-0.25, -0.2) is 9.97 Å². The molecule has 2 heterocycles. The van der Waals surface area contributed by atoms with Crippen LogP contribution in [-0.2, 0) is 0 Å². The van der Waals surface area contributed by atoms with Crippen molar-refractivity contribution >= 4 is 11.6 Å². The summed E-state index contributed by atoms with van der Waals surface area (Å²) in [6.45, 7) is 2.10. The second-order valence-electron chi connectivity index (χ2n) is 3.99. The summed E-state index contributed by atoms with van der Waals surface area (Å²) in [5, 5.41) is 6.71. The first-order valence-corrected chi connectivity index (χ1v) is 5.22. The highest BCUT2D eigenvalue weighted by molar-refractivity contribution is 5.47. The van der Waals surface area contributed by atoms with Crippen LogP contribution in [0.5, 0.6) is 0 Å². The Morgan fingerprint density at radius 1 is 1.47 bits per heavy atom. The number of nitrogens with zero attached hydrogens (tertiary/aromatic N) is 3. The summed E-state index contributed by atoms with van der Waals surface area (Å²) in [5.41, 5.74) is 0. The molecule has 5 nitrogen and oxygen atoms in total. The predicted octanol–water partition coefficient (Wildman–Crippen LogP) is 0.316. The molecular weight excluding hydrogens is 190 g/mol. The van der Waals surface area contributed by atoms with Gasteiger partial charge in [0, 0.05) is 32.7 Å². The fraction of sp³-hybridized carbons (Fsp3) is 0.600. The molecule has 1 aromatic heterocycles. The van der Waals surface area contributed by atoms with E-state index in [1.807, 2.05) is 25.1 Å². The Labute approximate surface area is 89.9 Å². The molecule has 1 unspecified atom stereocenters. The Morgan fingerprint density at radius 2 is 2.33 bits per heavy atom. The Morgan fingerprint density at radius 3 is 3.00 bits per heavy atom. The van der Waals surface area contributed by atoms with Gasteiger partial charge in [0.15, 0.2) is 0 Å². The molecule has 5 heteroatoms. The van der Waals surface area contributed by atoms with E-state index < -0.39 is 0 Å². The third-order valence-electron chi connectivity index (χ3n) is 2.52. The summed E-state index contributed by atoms with van der Waals surface area (Å²) in [6.07, 6.45) is 2.75. The highest BCUT2D eigenvalue weighted by Gasteiger charge is 2.14. The zero-order valence-electron chi connectivity index (χ0n) is 9.20. The molecule has 2 N–H and O–H groups in total. The van der Waals surface area contributed by atoms with E-state index in [-0.39, 0.29) is 0 Å². The van der Waals surface area contributed by atoms with Gasteiger partial charge in [0.2, 0.25) is 0 Å². The van der Waals surface area contributed by atoms with Crippen LogP contribution in [-0.4, -0.2) is 43.2 Å². The van der Waals surface area contributed by atoms with E-state index in [4.69, 9.17) is 0 Å². The van der Waals surface area contributed by atoms with Gasteiger partial charge in [0.25, 0.3) is 0 Å². The predicted molar refractivity (Wildman–Crippen MR) is 61.3 cm³/mol. The lowest BCUT2D eigenvalue weighted by Gasteiger charge is -2.15. The van der Waals surface area contributed by atoms with Crippen molar-refractivity contribution in [3.63, 3.8) is 0 Å². The molecule has 15 heavy (non-hydrogen) atoms. The van der Waals surface area contributed by atoms with Crippen molar-refractivity contribution in [2.75, 3.05) is 37.4 Å². The molecule has 0 amide bonds. The van der Waals surface area contributed by atoms with E-state index in [9.17, 15) is 0 Å². The van der Waals surface area contributed by atoms with Gasteiger partial charge in [0.1, 0.15) is 18.0 Å². The fourth-order valence-corrected chi connectivity index (χ4v) is 1.66. The lowest BCUT2D eigenvalue weighted by Crippen LogP contribution is -2.23. The van der Waals surface area contributed by atoms with Crippen molar-refractivity contribution in [1.29, 1.82) is 0 Å². The topological polar surface area (TPSA) is 53.1 Å². The Hall–Kier alpha value is -1.36. The van der Waals surface area contributed by atoms with Gasteiger partial charge in [-0.1, -0.05) is 0 Å². The highest BCUT2D eigenvalue weighted by Crippen LogP contribution is 2.13. The van der Waals surface area contributed by atoms with Crippen LogP contribution in [0, 0.1) is 0 Å². The van der Waals surface area contributed by atoms with Crippen LogP contribution in [0.25, 0.3) is 0 Å². The van der Waals surface area contributed by atoms with Gasteiger partial charge in [-0.3, -0.25) is 0 Å². The Bertz CT molecular complexity index is 319. The molecule has 1 atom stereocenters. The van der Waals surface area contributed by atoms with E-state index in [1.165, 1.54) is 0 Å². The molecule has 1 saturated heterocycles. The maximum absolute atomic E-state index is 4.21. The van der Waals surface area contributed by atoms with Gasteiger partial charge in [-0.05, 0) is 13.0 Å². The minimum absolute atomic E-state index is 0.495. The zero-order chi connectivity index (χ0) is 10.7. The summed E-state index contributed by atoms with van der Waals surface area (Å²) < 4.78 is 0. The molecule has 1 fully saturated rings. The van der Waals surface area contributed by atoms with E-state index in [0.29, 0.717) is 6.04 Å². The summed E-state index contributed by atoms with van der Waals surface area (Å²) in [4.78, 5) is 10.4. The fourth-order valence-electron chi connectivity index (χ4n) is 1.66. The monoisotopic (exact) mass is 207 g/mol. The lowest BCUT2D eigenvalue weighted by molar-refractivity contribution is 0.786. The van der Waals surface area contributed by atoms with Gasteiger partial charge in [0.05, 0.1) is 0 Å². The summed E-state index contributed by atoms with van der Waals surface area (Å²) in [7, 11) is 3.95. The van der Waals surface area contributed by atoms with Crippen LogP contribution >= 0.6 is 0 Å². The smallest absolute Gasteiger partial charge is 0.133 e. The van der Waals surface area contributed by atoms with Crippen molar-refractivity contribution in [3.05, 3.63) is 12.4 Å². The Kier molecular flexibility index (Phi) is 3.01. The second-order valence-corrected chi connectivity index (χ2v) is 3.99. The van der Waals surface area contributed by atoms with Crippen molar-refractivity contribution in [3.8, 4) is 0 Å². The molecule has 0 saturated carbocycles. The molecule has 0 aromatic carbocycles. The first-order valence-electron chi connectivity index (χ1n) is 5.22. The quantitative estimate of drug-likeness (QED) is 0.747. The van der Waals surface area contributed by atoms with Gasteiger partial charge >= 0.3 is 0 Å². The molecule has 0 aliphatic carbocycles. The van der Waals surface area contributed by atoms with E-state index in [1.54, 1.807) is 6.33 Å². The molecular formula is C10H17N5. The standard InChI is InChI=1S/C10H17N5/c1-15(2)10-5-9(12-7-13-10)14-8-3-4-11-6-8/h5,7-8,11H,3-4,6H2,1-2H3,(H,12,13,14). The molecule has 2 rings (SSSR count). The second kappa shape index (κ2) is 4.44. The SMILES string of the molecule is CN(C)c1cc(NC2CCNC2)ncn1. The molecule has 82 valence electrons. The highest BCUT2D eigenvalue weighted by atomic mass is 15.2. The van der Waals surface area contributed by atoms with E-state index in [0.717, 1.165) is 31.1 Å². The van der Waals surface area contributed by atoms with Crippen LogP contribution in [0.4, 0.5) is 11.6 Å². The van der Waals surface area contributed by atoms with Gasteiger partial charge in [-0.2, -0.15) is 0 Å². The van der Waals surface area contributed by atoms with Crippen LogP contribution < -0.4 is 15.5 Å². The number of aromatic nitrogens is 2. The molecule has 1 aliphatic rings. The van der Waals surface area contributed by atoms with Gasteiger partial charge in [-0.15, -0.1) is 0 Å². The maximum Gasteiger partial charge on any atom is 0.133 e. The first-order chi connectivity index (χ1) is 7.25. The summed E-state index contributed by atoms with van der Waals surface area (Å²) >= 11 is 0. The number of nitrogens with one attached hydrogen (secondary N) is 2. The van der Waals surface area contributed by atoms with Crippen LogP contribution in [0.2, 0.25) is 0 Å². The van der Waals surface area contributed by atoms with Crippen molar-refractivity contribution in [1.82, 2.24) is 15.3 Å². The Balaban J connectivity index is 2.04. The number of hydrogen-bond acceptors (Lipinski definition) is 5. The first kappa shape index (κ1) is 10.2. The number of anilines is 2. The van der Waals surface area contributed by atoms with E-state index >= 15 is 0 Å². The largest absolute Gasteiger partial charge is 0.366 e. The van der Waals surface area contributed by atoms with Crippen LogP contribution in [0.3, 0.4) is 0 Å². The van der Waals surface area contributed by atoms with Crippen molar-refractivity contribution < 1.29 is 0 Å². The molecule has 1 aromatic rings. The zero-order valence-corrected chi connectivity index (χ0v) is 9.20. The molecule has 0 spiro atoms. The van der Waals surface area contributed by atoms with Crippen molar-refractivity contribution in [2.24, 2.45) is 0 Å². The maximum atomic E-state index is 4.21. The summed E-state index contributed by atoms with van der Waals surface area (Å²) in [6, 6.07) is 2.47. The minimum Gasteiger partial charge on any atom is -0.366 e. The lowest BCUT2D eigenvalue weighted by atomic mass is 10.2. The summed E-state index contributed by atoms with van der Waals surface area (Å²) in [5.74, 6) is 1.83. The molecule has 1 aliphatic heterocycles. The normalized spacial score (nSPS) is 20.3. The van der Waals surface area contributed by atoms with Crippen molar-refractivity contribution in [2.45, 2.75) is 12.5 Å². The molecule has 0 radical (unpaired) electrons. The van der Waals surface area contributed by atoms with Gasteiger partial charge < -0.3 is 15.5 Å². The average molecular weight is 207 g/mol. The third-order valence-corrected chi connectivity index (χ3v) is 2.52. The number of hydrogen-bond donors (Lipinski definition) is 2. The third kappa shape index (κ3) is 2.56. The van der Waals surface area contributed by atoms with Crippen LogP contribution in [0.15, 0.2) is 12.4 Å². The number of rotatable bonds is 3. The van der Waals surface area contributed by atoms with Crippen LogP contribution in [0.1, 0.15) is 6.42 Å². The minimum atomic E-state index is 0.495.